The van der Waals surface area contributed by atoms with Gasteiger partial charge in [-0.05, 0) is 20.4 Å². The zero-order valence-corrected chi connectivity index (χ0v) is 12.2. The monoisotopic (exact) mass is 276 g/mol. The van der Waals surface area contributed by atoms with Gasteiger partial charge in [-0.25, -0.2) is 0 Å². The Balaban J connectivity index is 2.41. The summed E-state index contributed by atoms with van der Waals surface area (Å²) in [6.07, 6.45) is 0.170. The second-order valence-electron chi connectivity index (χ2n) is 5.12. The molecule has 0 aromatic carbocycles. The standard InChI is InChI=1S/C12H24N2O3S/c1-4-14-5-6-17-9(7-14)8-18-12(2,3)10(13)11(15)16/h9-10H,4-8,13H2,1-3H3,(H,15,16)/t9?,10-/m1/s1. The van der Waals surface area contributed by atoms with Gasteiger partial charge in [0.05, 0.1) is 12.7 Å². The predicted molar refractivity (Wildman–Crippen MR) is 74.0 cm³/mol. The average Bonchev–Trinajstić information content (AvgIpc) is 2.35. The van der Waals surface area contributed by atoms with Crippen LogP contribution in [0.1, 0.15) is 20.8 Å². The molecule has 0 aliphatic carbocycles. The molecule has 1 saturated heterocycles. The highest BCUT2D eigenvalue weighted by molar-refractivity contribution is 8.00. The van der Waals surface area contributed by atoms with E-state index in [1.54, 1.807) is 11.8 Å². The molecule has 2 atom stereocenters. The van der Waals surface area contributed by atoms with Crippen LogP contribution in [0.2, 0.25) is 0 Å². The smallest absolute Gasteiger partial charge is 0.321 e. The van der Waals surface area contributed by atoms with Gasteiger partial charge in [-0.2, -0.15) is 11.8 Å². The van der Waals surface area contributed by atoms with Crippen molar-refractivity contribution in [2.75, 3.05) is 32.0 Å². The van der Waals surface area contributed by atoms with Crippen molar-refractivity contribution < 1.29 is 14.6 Å². The third-order valence-electron chi connectivity index (χ3n) is 3.33. The fourth-order valence-corrected chi connectivity index (χ4v) is 2.96. The van der Waals surface area contributed by atoms with E-state index in [0.717, 1.165) is 32.0 Å². The molecule has 0 aromatic rings. The molecule has 0 radical (unpaired) electrons. The summed E-state index contributed by atoms with van der Waals surface area (Å²) in [5.41, 5.74) is 5.69. The molecule has 1 heterocycles. The van der Waals surface area contributed by atoms with Crippen LogP contribution in [0.25, 0.3) is 0 Å². The number of rotatable bonds is 6. The van der Waals surface area contributed by atoms with Crippen LogP contribution in [-0.2, 0) is 9.53 Å². The highest BCUT2D eigenvalue weighted by Gasteiger charge is 2.33. The van der Waals surface area contributed by atoms with Crippen LogP contribution >= 0.6 is 11.8 Å². The Hall–Kier alpha value is -0.300. The minimum Gasteiger partial charge on any atom is -0.480 e. The molecular formula is C12H24N2O3S. The minimum absolute atomic E-state index is 0.170. The molecule has 1 rings (SSSR count). The van der Waals surface area contributed by atoms with Crippen LogP contribution < -0.4 is 5.73 Å². The zero-order valence-electron chi connectivity index (χ0n) is 11.4. The number of ether oxygens (including phenoxy) is 1. The summed E-state index contributed by atoms with van der Waals surface area (Å²) >= 11 is 1.58. The molecule has 0 spiro atoms. The average molecular weight is 276 g/mol. The number of carbonyl (C=O) groups is 1. The van der Waals surface area contributed by atoms with Crippen LogP contribution in [0.5, 0.6) is 0 Å². The fourth-order valence-electron chi connectivity index (χ4n) is 1.86. The first-order valence-corrected chi connectivity index (χ1v) is 7.31. The van der Waals surface area contributed by atoms with E-state index in [1.165, 1.54) is 0 Å². The summed E-state index contributed by atoms with van der Waals surface area (Å²) in [6, 6.07) is -0.853. The second-order valence-corrected chi connectivity index (χ2v) is 6.79. The first kappa shape index (κ1) is 15.8. The van der Waals surface area contributed by atoms with Crippen molar-refractivity contribution in [2.45, 2.75) is 37.7 Å². The van der Waals surface area contributed by atoms with Crippen molar-refractivity contribution >= 4 is 17.7 Å². The number of morpholine rings is 1. The summed E-state index contributed by atoms with van der Waals surface area (Å²) in [6.45, 7) is 9.57. The van der Waals surface area contributed by atoms with Crippen LogP contribution in [0.15, 0.2) is 0 Å². The third-order valence-corrected chi connectivity index (χ3v) is 4.86. The Kier molecular flexibility index (Phi) is 5.91. The number of carboxylic acid groups (broad SMARTS) is 1. The molecule has 5 nitrogen and oxygen atoms in total. The maximum atomic E-state index is 10.9. The molecule has 1 unspecified atom stereocenters. The lowest BCUT2D eigenvalue weighted by Gasteiger charge is -2.34. The highest BCUT2D eigenvalue weighted by atomic mass is 32.2. The maximum Gasteiger partial charge on any atom is 0.321 e. The lowest BCUT2D eigenvalue weighted by Crippen LogP contribution is -2.48. The highest BCUT2D eigenvalue weighted by Crippen LogP contribution is 2.29. The minimum atomic E-state index is -0.952. The van der Waals surface area contributed by atoms with Gasteiger partial charge < -0.3 is 15.6 Å². The van der Waals surface area contributed by atoms with Crippen molar-refractivity contribution in [1.82, 2.24) is 4.90 Å². The van der Waals surface area contributed by atoms with Crippen LogP contribution in [0.3, 0.4) is 0 Å². The molecule has 6 heteroatoms. The molecule has 0 saturated carbocycles. The number of carboxylic acids is 1. The number of aliphatic carboxylic acids is 1. The summed E-state index contributed by atoms with van der Waals surface area (Å²) in [4.78, 5) is 13.3. The summed E-state index contributed by atoms with van der Waals surface area (Å²) in [5.74, 6) is -0.169. The van der Waals surface area contributed by atoms with E-state index in [1.807, 2.05) is 13.8 Å². The number of thioether (sulfide) groups is 1. The molecule has 106 valence electrons. The van der Waals surface area contributed by atoms with Gasteiger partial charge in [0.25, 0.3) is 0 Å². The van der Waals surface area contributed by atoms with E-state index in [0.29, 0.717) is 0 Å². The van der Waals surface area contributed by atoms with E-state index in [9.17, 15) is 4.79 Å². The molecule has 1 aliphatic heterocycles. The van der Waals surface area contributed by atoms with Crippen molar-refractivity contribution in [1.29, 1.82) is 0 Å². The molecule has 1 aliphatic rings. The SMILES string of the molecule is CCN1CCOC(CSC(C)(C)[C@H](N)C(=O)O)C1. The maximum absolute atomic E-state index is 10.9. The van der Waals surface area contributed by atoms with Gasteiger partial charge >= 0.3 is 5.97 Å². The van der Waals surface area contributed by atoms with Gasteiger partial charge in [-0.15, -0.1) is 0 Å². The van der Waals surface area contributed by atoms with E-state index in [2.05, 4.69) is 11.8 Å². The van der Waals surface area contributed by atoms with E-state index >= 15 is 0 Å². The van der Waals surface area contributed by atoms with Gasteiger partial charge in [-0.1, -0.05) is 6.92 Å². The normalized spacial score (nSPS) is 23.9. The van der Waals surface area contributed by atoms with Gasteiger partial charge in [-0.3, -0.25) is 9.69 Å². The molecule has 3 N–H and O–H groups in total. The Morgan fingerprint density at radius 1 is 1.67 bits per heavy atom. The molecule has 18 heavy (non-hydrogen) atoms. The lowest BCUT2D eigenvalue weighted by molar-refractivity contribution is -0.139. The Bertz CT molecular complexity index is 286. The van der Waals surface area contributed by atoms with Gasteiger partial charge in [0.15, 0.2) is 0 Å². The quantitative estimate of drug-likeness (QED) is 0.741. The number of likely N-dealkylation sites (N-methyl/N-ethyl adjacent to an activating group) is 1. The summed E-state index contributed by atoms with van der Waals surface area (Å²) in [5, 5.41) is 8.96. The Labute approximate surface area is 113 Å². The van der Waals surface area contributed by atoms with E-state index in [4.69, 9.17) is 15.6 Å². The summed E-state index contributed by atoms with van der Waals surface area (Å²) < 4.78 is 5.21. The topological polar surface area (TPSA) is 75.8 Å². The number of nitrogens with two attached hydrogens (primary N) is 1. The number of hydrogen-bond acceptors (Lipinski definition) is 5. The second kappa shape index (κ2) is 6.75. The molecular weight excluding hydrogens is 252 g/mol. The molecule has 1 fully saturated rings. The zero-order chi connectivity index (χ0) is 13.8. The third kappa shape index (κ3) is 4.42. The van der Waals surface area contributed by atoms with Crippen LogP contribution in [-0.4, -0.2) is 64.9 Å². The molecule has 0 amide bonds. The van der Waals surface area contributed by atoms with Crippen molar-refractivity contribution in [3.05, 3.63) is 0 Å². The fraction of sp³-hybridized carbons (Fsp3) is 0.917. The number of nitrogens with zero attached hydrogens (tertiary/aromatic N) is 1. The largest absolute Gasteiger partial charge is 0.480 e. The Morgan fingerprint density at radius 2 is 2.33 bits per heavy atom. The van der Waals surface area contributed by atoms with Crippen molar-refractivity contribution in [2.24, 2.45) is 5.73 Å². The first-order valence-electron chi connectivity index (χ1n) is 6.33. The van der Waals surface area contributed by atoms with E-state index < -0.39 is 16.8 Å². The van der Waals surface area contributed by atoms with Crippen molar-refractivity contribution in [3.8, 4) is 0 Å². The van der Waals surface area contributed by atoms with Gasteiger partial charge in [0.1, 0.15) is 6.04 Å². The Morgan fingerprint density at radius 3 is 2.89 bits per heavy atom. The van der Waals surface area contributed by atoms with E-state index in [-0.39, 0.29) is 6.10 Å². The molecule has 0 bridgehead atoms. The lowest BCUT2D eigenvalue weighted by atomic mass is 10.1. The predicted octanol–water partition coefficient (Wildman–Crippen LogP) is 0.631. The van der Waals surface area contributed by atoms with Crippen LogP contribution in [0.4, 0.5) is 0 Å². The van der Waals surface area contributed by atoms with Crippen molar-refractivity contribution in [3.63, 3.8) is 0 Å². The van der Waals surface area contributed by atoms with Gasteiger partial charge in [0.2, 0.25) is 0 Å². The van der Waals surface area contributed by atoms with Crippen LogP contribution in [0, 0.1) is 0 Å². The summed E-state index contributed by atoms with van der Waals surface area (Å²) in [7, 11) is 0. The first-order chi connectivity index (χ1) is 8.36. The number of hydrogen-bond donors (Lipinski definition) is 2. The molecule has 0 aromatic heterocycles. The van der Waals surface area contributed by atoms with Gasteiger partial charge in [0, 0.05) is 23.6 Å².